The number of sulfone groups is 1. The Bertz CT molecular complexity index is 687. The van der Waals surface area contributed by atoms with Crippen LogP contribution in [0.3, 0.4) is 0 Å². The van der Waals surface area contributed by atoms with Crippen LogP contribution in [0.15, 0.2) is 24.3 Å². The molecule has 1 aromatic rings. The first kappa shape index (κ1) is 19.1. The normalized spacial score (nSPS) is 14.1. The maximum Gasteiger partial charge on any atom is 0.269 e. The van der Waals surface area contributed by atoms with Crippen molar-refractivity contribution in [1.29, 1.82) is 0 Å². The molecule has 0 radical (unpaired) electrons. The van der Waals surface area contributed by atoms with Crippen LogP contribution in [0.1, 0.15) is 38.8 Å². The molecule has 0 saturated heterocycles. The summed E-state index contributed by atoms with van der Waals surface area (Å²) in [5.74, 6) is -0.559. The standard InChI is InChI=1S/C15H22N2O5S/c1-5-9-23(21,22)12(3)15(18)16(4)11(2)13-7-6-8-14(10-13)17(19)20/h6-8,10-12H,5,9H2,1-4H3/t11-,12-/m1/s1. The fourth-order valence-electron chi connectivity index (χ4n) is 2.21. The lowest BCUT2D eigenvalue weighted by Crippen LogP contribution is -2.41. The van der Waals surface area contributed by atoms with Crippen LogP contribution in [0.4, 0.5) is 5.69 Å². The molecule has 0 heterocycles. The van der Waals surface area contributed by atoms with Crippen LogP contribution in [0.25, 0.3) is 0 Å². The number of amides is 1. The van der Waals surface area contributed by atoms with Crippen molar-refractivity contribution in [2.45, 2.75) is 38.5 Å². The summed E-state index contributed by atoms with van der Waals surface area (Å²) >= 11 is 0. The van der Waals surface area contributed by atoms with Crippen LogP contribution in [0.5, 0.6) is 0 Å². The van der Waals surface area contributed by atoms with Gasteiger partial charge in [-0.05, 0) is 25.8 Å². The first-order chi connectivity index (χ1) is 10.6. The SMILES string of the molecule is CCCS(=O)(=O)[C@H](C)C(=O)N(C)[C@H](C)c1cccc([N+](=O)[O-])c1. The lowest BCUT2D eigenvalue weighted by atomic mass is 10.1. The maximum absolute atomic E-state index is 12.4. The minimum Gasteiger partial charge on any atom is -0.338 e. The molecule has 0 aliphatic heterocycles. The summed E-state index contributed by atoms with van der Waals surface area (Å²) < 4.78 is 24.1. The minimum absolute atomic E-state index is 0.0427. The van der Waals surface area contributed by atoms with Crippen molar-refractivity contribution < 1.29 is 18.1 Å². The number of non-ortho nitro benzene ring substituents is 1. The van der Waals surface area contributed by atoms with Gasteiger partial charge < -0.3 is 4.90 Å². The zero-order valence-electron chi connectivity index (χ0n) is 13.7. The number of hydrogen-bond donors (Lipinski definition) is 0. The van der Waals surface area contributed by atoms with Crippen LogP contribution in [-0.2, 0) is 14.6 Å². The summed E-state index contributed by atoms with van der Waals surface area (Å²) in [5.41, 5.74) is 0.511. The Hall–Kier alpha value is -1.96. The van der Waals surface area contributed by atoms with E-state index in [0.717, 1.165) is 0 Å². The van der Waals surface area contributed by atoms with Crippen molar-refractivity contribution in [3.8, 4) is 0 Å². The maximum atomic E-state index is 12.4. The van der Waals surface area contributed by atoms with Gasteiger partial charge in [0.05, 0.1) is 16.7 Å². The van der Waals surface area contributed by atoms with E-state index in [1.807, 2.05) is 0 Å². The van der Waals surface area contributed by atoms with Gasteiger partial charge in [0.15, 0.2) is 9.84 Å². The quantitative estimate of drug-likeness (QED) is 0.559. The highest BCUT2D eigenvalue weighted by molar-refractivity contribution is 7.92. The number of benzene rings is 1. The predicted molar refractivity (Wildman–Crippen MR) is 87.8 cm³/mol. The molecule has 8 heteroatoms. The minimum atomic E-state index is -3.49. The van der Waals surface area contributed by atoms with Gasteiger partial charge in [0.2, 0.25) is 5.91 Å². The van der Waals surface area contributed by atoms with Gasteiger partial charge in [0.1, 0.15) is 5.25 Å². The number of hydrogen-bond acceptors (Lipinski definition) is 5. The largest absolute Gasteiger partial charge is 0.338 e. The Morgan fingerprint density at radius 1 is 1.35 bits per heavy atom. The molecule has 0 aromatic heterocycles. The Labute approximate surface area is 136 Å². The van der Waals surface area contributed by atoms with E-state index in [0.29, 0.717) is 12.0 Å². The van der Waals surface area contributed by atoms with Crippen LogP contribution >= 0.6 is 0 Å². The molecule has 128 valence electrons. The summed E-state index contributed by atoms with van der Waals surface area (Å²) in [4.78, 5) is 24.1. The third-order valence-corrected chi connectivity index (χ3v) is 6.12. The summed E-state index contributed by atoms with van der Waals surface area (Å²) in [7, 11) is -1.99. The number of carbonyl (C=O) groups excluding carboxylic acids is 1. The monoisotopic (exact) mass is 342 g/mol. The topological polar surface area (TPSA) is 97.6 Å². The van der Waals surface area contributed by atoms with E-state index in [4.69, 9.17) is 0 Å². The van der Waals surface area contributed by atoms with E-state index in [-0.39, 0.29) is 11.4 Å². The fourth-order valence-corrected chi connectivity index (χ4v) is 3.61. The molecular weight excluding hydrogens is 320 g/mol. The van der Waals surface area contributed by atoms with E-state index < -0.39 is 32.0 Å². The molecular formula is C15H22N2O5S. The number of nitro benzene ring substituents is 1. The van der Waals surface area contributed by atoms with Crippen molar-refractivity contribution in [3.05, 3.63) is 39.9 Å². The number of nitrogens with zero attached hydrogens (tertiary/aromatic N) is 2. The zero-order valence-corrected chi connectivity index (χ0v) is 14.5. The van der Waals surface area contributed by atoms with Gasteiger partial charge in [-0.15, -0.1) is 0 Å². The fraction of sp³-hybridized carbons (Fsp3) is 0.533. The van der Waals surface area contributed by atoms with Gasteiger partial charge in [0.25, 0.3) is 5.69 Å². The van der Waals surface area contributed by atoms with Crippen molar-refractivity contribution in [3.63, 3.8) is 0 Å². The number of carbonyl (C=O) groups is 1. The van der Waals surface area contributed by atoms with Crippen LogP contribution in [0.2, 0.25) is 0 Å². The first-order valence-corrected chi connectivity index (χ1v) is 9.06. The van der Waals surface area contributed by atoms with Crippen LogP contribution in [0, 0.1) is 10.1 Å². The molecule has 0 aliphatic carbocycles. The first-order valence-electron chi connectivity index (χ1n) is 7.34. The van der Waals surface area contributed by atoms with Gasteiger partial charge in [-0.3, -0.25) is 14.9 Å². The molecule has 1 aromatic carbocycles. The van der Waals surface area contributed by atoms with E-state index in [1.165, 1.54) is 31.0 Å². The van der Waals surface area contributed by atoms with Crippen molar-refractivity contribution in [1.82, 2.24) is 4.90 Å². The highest BCUT2D eigenvalue weighted by Crippen LogP contribution is 2.24. The number of rotatable bonds is 7. The molecule has 23 heavy (non-hydrogen) atoms. The molecule has 1 amide bonds. The average Bonchev–Trinajstić information content (AvgIpc) is 2.52. The highest BCUT2D eigenvalue weighted by Gasteiger charge is 2.31. The van der Waals surface area contributed by atoms with Gasteiger partial charge in [0, 0.05) is 19.2 Å². The van der Waals surface area contributed by atoms with E-state index in [9.17, 15) is 23.3 Å². The summed E-state index contributed by atoms with van der Waals surface area (Å²) in [6, 6.07) is 5.50. The van der Waals surface area contributed by atoms with E-state index in [2.05, 4.69) is 0 Å². The summed E-state index contributed by atoms with van der Waals surface area (Å²) in [6.45, 7) is 4.82. The predicted octanol–water partition coefficient (Wildman–Crippen LogP) is 2.33. The summed E-state index contributed by atoms with van der Waals surface area (Å²) in [5, 5.41) is 9.71. The second-order valence-corrected chi connectivity index (χ2v) is 7.93. The van der Waals surface area contributed by atoms with Crippen LogP contribution in [-0.4, -0.2) is 42.2 Å². The Morgan fingerprint density at radius 2 is 1.96 bits per heavy atom. The molecule has 0 unspecified atom stereocenters. The summed E-state index contributed by atoms with van der Waals surface area (Å²) in [6.07, 6.45) is 0.449. The number of nitro groups is 1. The van der Waals surface area contributed by atoms with Crippen LogP contribution < -0.4 is 0 Å². The molecule has 7 nitrogen and oxygen atoms in total. The molecule has 0 N–H and O–H groups in total. The van der Waals surface area contributed by atoms with Crippen molar-refractivity contribution in [2.75, 3.05) is 12.8 Å². The molecule has 0 bridgehead atoms. The zero-order chi connectivity index (χ0) is 17.8. The molecule has 2 atom stereocenters. The van der Waals surface area contributed by atoms with Gasteiger partial charge in [-0.25, -0.2) is 8.42 Å². The van der Waals surface area contributed by atoms with E-state index in [1.54, 1.807) is 26.0 Å². The third kappa shape index (κ3) is 4.51. The Balaban J connectivity index is 3.00. The molecule has 0 spiro atoms. The van der Waals surface area contributed by atoms with E-state index >= 15 is 0 Å². The second-order valence-electron chi connectivity index (χ2n) is 5.49. The lowest BCUT2D eigenvalue weighted by Gasteiger charge is -2.27. The third-order valence-electron chi connectivity index (χ3n) is 3.87. The molecule has 0 saturated carbocycles. The van der Waals surface area contributed by atoms with Crippen molar-refractivity contribution in [2.24, 2.45) is 0 Å². The molecule has 0 fully saturated rings. The van der Waals surface area contributed by atoms with Crippen molar-refractivity contribution >= 4 is 21.4 Å². The van der Waals surface area contributed by atoms with Gasteiger partial charge in [-0.2, -0.15) is 0 Å². The Kier molecular flexibility index (Phi) is 6.26. The average molecular weight is 342 g/mol. The molecule has 1 rings (SSSR count). The smallest absolute Gasteiger partial charge is 0.269 e. The lowest BCUT2D eigenvalue weighted by molar-refractivity contribution is -0.384. The molecule has 0 aliphatic rings. The van der Waals surface area contributed by atoms with Gasteiger partial charge >= 0.3 is 0 Å². The Morgan fingerprint density at radius 3 is 2.48 bits per heavy atom. The van der Waals surface area contributed by atoms with Gasteiger partial charge in [-0.1, -0.05) is 19.1 Å². The second kappa shape index (κ2) is 7.54. The highest BCUT2D eigenvalue weighted by atomic mass is 32.2.